The Bertz CT molecular complexity index is 1190. The maximum atomic E-state index is 12.7. The van der Waals surface area contributed by atoms with Gasteiger partial charge in [0.2, 0.25) is 0 Å². The van der Waals surface area contributed by atoms with Crippen LogP contribution in [0.1, 0.15) is 21.5 Å². The van der Waals surface area contributed by atoms with E-state index in [1.165, 1.54) is 5.56 Å². The molecule has 33 heavy (non-hydrogen) atoms. The van der Waals surface area contributed by atoms with E-state index in [0.29, 0.717) is 17.8 Å². The summed E-state index contributed by atoms with van der Waals surface area (Å²) in [5.41, 5.74) is 3.01. The zero-order chi connectivity index (χ0) is 23.3. The number of amides is 1. The molecule has 1 fully saturated rings. The minimum Gasteiger partial charge on any atom is -0.348 e. The van der Waals surface area contributed by atoms with Crippen LogP contribution in [0.3, 0.4) is 0 Å². The van der Waals surface area contributed by atoms with Gasteiger partial charge in [0.1, 0.15) is 4.21 Å². The minimum absolute atomic E-state index is 0.230. The summed E-state index contributed by atoms with van der Waals surface area (Å²) >= 11 is 1.14. The van der Waals surface area contributed by atoms with Gasteiger partial charge in [0.15, 0.2) is 0 Å². The number of likely N-dealkylation sites (N-methyl/N-ethyl adjacent to an activating group) is 1. The number of thiophene rings is 1. The first-order valence-corrected chi connectivity index (χ1v) is 13.2. The van der Waals surface area contributed by atoms with Crippen LogP contribution in [0.25, 0.3) is 0 Å². The largest absolute Gasteiger partial charge is 0.348 e. The second-order valence-corrected chi connectivity index (χ2v) is 11.1. The van der Waals surface area contributed by atoms with Gasteiger partial charge in [0.25, 0.3) is 15.9 Å². The van der Waals surface area contributed by atoms with Crippen molar-refractivity contribution in [2.24, 2.45) is 0 Å². The molecule has 0 atom stereocenters. The molecule has 2 heterocycles. The molecule has 1 aliphatic heterocycles. The molecule has 4 rings (SSSR count). The number of benzene rings is 2. The maximum Gasteiger partial charge on any atom is 0.271 e. The SMILES string of the molecule is CN1CCN(Cc2cccc(CNC(=O)c3cccc(NS(=O)(=O)c4cccs4)c3)c2)CC1. The Morgan fingerprint density at radius 3 is 2.48 bits per heavy atom. The first kappa shape index (κ1) is 23.4. The molecule has 0 bridgehead atoms. The van der Waals surface area contributed by atoms with Crippen molar-refractivity contribution >= 4 is 33.0 Å². The molecule has 1 saturated heterocycles. The highest BCUT2D eigenvalue weighted by Gasteiger charge is 2.16. The van der Waals surface area contributed by atoms with Gasteiger partial charge in [-0.3, -0.25) is 14.4 Å². The van der Waals surface area contributed by atoms with E-state index in [1.807, 2.05) is 12.1 Å². The third-order valence-electron chi connectivity index (χ3n) is 5.58. The van der Waals surface area contributed by atoms with Gasteiger partial charge in [-0.15, -0.1) is 11.3 Å². The molecule has 0 aliphatic carbocycles. The van der Waals surface area contributed by atoms with Crippen LogP contribution >= 0.6 is 11.3 Å². The summed E-state index contributed by atoms with van der Waals surface area (Å²) in [6, 6.07) is 18.0. The van der Waals surface area contributed by atoms with E-state index in [1.54, 1.807) is 41.8 Å². The van der Waals surface area contributed by atoms with Gasteiger partial charge in [-0.25, -0.2) is 8.42 Å². The van der Waals surface area contributed by atoms with Gasteiger partial charge >= 0.3 is 0 Å². The number of hydrogen-bond donors (Lipinski definition) is 2. The van der Waals surface area contributed by atoms with Gasteiger partial charge in [0, 0.05) is 50.5 Å². The monoisotopic (exact) mass is 484 g/mol. The Morgan fingerprint density at radius 2 is 1.73 bits per heavy atom. The van der Waals surface area contributed by atoms with Crippen molar-refractivity contribution in [3.05, 3.63) is 82.7 Å². The first-order valence-electron chi connectivity index (χ1n) is 10.8. The fraction of sp³-hybridized carbons (Fsp3) is 0.292. The molecule has 2 N–H and O–H groups in total. The molecule has 1 amide bonds. The summed E-state index contributed by atoms with van der Waals surface area (Å²) in [4.78, 5) is 17.5. The number of hydrogen-bond acceptors (Lipinski definition) is 6. The molecule has 0 radical (unpaired) electrons. The Labute approximate surface area is 199 Å². The fourth-order valence-corrected chi connectivity index (χ4v) is 5.77. The molecule has 1 aliphatic rings. The Hall–Kier alpha value is -2.72. The molecular formula is C24H28N4O3S2. The highest BCUT2D eigenvalue weighted by molar-refractivity contribution is 7.94. The lowest BCUT2D eigenvalue weighted by Gasteiger charge is -2.32. The lowest BCUT2D eigenvalue weighted by molar-refractivity contribution is 0.0951. The summed E-state index contributed by atoms with van der Waals surface area (Å²) < 4.78 is 27.6. The number of piperazine rings is 1. The Morgan fingerprint density at radius 1 is 0.970 bits per heavy atom. The normalized spacial score (nSPS) is 15.3. The second kappa shape index (κ2) is 10.5. The lowest BCUT2D eigenvalue weighted by Crippen LogP contribution is -2.43. The van der Waals surface area contributed by atoms with Gasteiger partial charge in [0.05, 0.1) is 0 Å². The molecule has 0 unspecified atom stereocenters. The smallest absolute Gasteiger partial charge is 0.271 e. The van der Waals surface area contributed by atoms with Crippen LogP contribution < -0.4 is 10.0 Å². The standard InChI is InChI=1S/C24H28N4O3S2/c1-27-10-12-28(13-11-27)18-20-6-2-5-19(15-20)17-25-24(29)21-7-3-8-22(16-21)26-33(30,31)23-9-4-14-32-23/h2-9,14-16,26H,10-13,17-18H2,1H3,(H,25,29). The van der Waals surface area contributed by atoms with E-state index in [0.717, 1.165) is 49.6 Å². The molecule has 174 valence electrons. The molecule has 9 heteroatoms. The highest BCUT2D eigenvalue weighted by Crippen LogP contribution is 2.21. The van der Waals surface area contributed by atoms with E-state index in [-0.39, 0.29) is 10.1 Å². The Balaban J connectivity index is 1.35. The summed E-state index contributed by atoms with van der Waals surface area (Å²) in [5, 5.41) is 4.64. The average Bonchev–Trinajstić information content (AvgIpc) is 3.35. The summed E-state index contributed by atoms with van der Waals surface area (Å²) in [7, 11) is -1.51. The Kier molecular flexibility index (Phi) is 7.44. The summed E-state index contributed by atoms with van der Waals surface area (Å²) in [6.45, 7) is 5.59. The summed E-state index contributed by atoms with van der Waals surface area (Å²) in [5.74, 6) is -0.253. The van der Waals surface area contributed by atoms with Crippen molar-refractivity contribution in [3.8, 4) is 0 Å². The summed E-state index contributed by atoms with van der Waals surface area (Å²) in [6.07, 6.45) is 0. The number of nitrogens with zero attached hydrogens (tertiary/aromatic N) is 2. The van der Waals surface area contributed by atoms with Crippen LogP contribution in [0.4, 0.5) is 5.69 Å². The third kappa shape index (κ3) is 6.42. The van der Waals surface area contributed by atoms with Gasteiger partial charge in [-0.2, -0.15) is 0 Å². The molecule has 7 nitrogen and oxygen atoms in total. The number of anilines is 1. The van der Waals surface area contributed by atoms with Gasteiger partial charge in [-0.05, 0) is 47.8 Å². The van der Waals surface area contributed by atoms with Crippen LogP contribution in [0.2, 0.25) is 0 Å². The molecule has 1 aromatic heterocycles. The lowest BCUT2D eigenvalue weighted by atomic mass is 10.1. The molecule has 0 spiro atoms. The molecule has 2 aromatic carbocycles. The predicted molar refractivity (Wildman–Crippen MR) is 132 cm³/mol. The van der Waals surface area contributed by atoms with Gasteiger partial charge < -0.3 is 10.2 Å². The van der Waals surface area contributed by atoms with Crippen molar-refractivity contribution in [2.75, 3.05) is 37.9 Å². The molecular weight excluding hydrogens is 456 g/mol. The minimum atomic E-state index is -3.66. The molecule has 0 saturated carbocycles. The van der Waals surface area contributed by atoms with Crippen LogP contribution in [0.5, 0.6) is 0 Å². The van der Waals surface area contributed by atoms with E-state index < -0.39 is 10.0 Å². The highest BCUT2D eigenvalue weighted by atomic mass is 32.2. The van der Waals surface area contributed by atoms with E-state index in [9.17, 15) is 13.2 Å². The van der Waals surface area contributed by atoms with E-state index in [4.69, 9.17) is 0 Å². The predicted octanol–water partition coefficient (Wildman–Crippen LogP) is 3.23. The van der Waals surface area contributed by atoms with Crippen molar-refractivity contribution in [1.29, 1.82) is 0 Å². The van der Waals surface area contributed by atoms with Crippen LogP contribution in [-0.4, -0.2) is 57.4 Å². The zero-order valence-corrected chi connectivity index (χ0v) is 20.2. The number of sulfonamides is 1. The number of carbonyl (C=O) groups excluding carboxylic acids is 1. The van der Waals surface area contributed by atoms with Crippen LogP contribution in [0, 0.1) is 0 Å². The third-order valence-corrected chi connectivity index (χ3v) is 8.36. The second-order valence-electron chi connectivity index (χ2n) is 8.20. The van der Waals surface area contributed by atoms with Crippen LogP contribution in [-0.2, 0) is 23.1 Å². The maximum absolute atomic E-state index is 12.7. The molecule has 3 aromatic rings. The van der Waals surface area contributed by atoms with Crippen molar-refractivity contribution in [2.45, 2.75) is 17.3 Å². The topological polar surface area (TPSA) is 81.8 Å². The zero-order valence-electron chi connectivity index (χ0n) is 18.5. The van der Waals surface area contributed by atoms with Crippen LogP contribution in [0.15, 0.2) is 70.3 Å². The quantitative estimate of drug-likeness (QED) is 0.513. The van der Waals surface area contributed by atoms with Crippen molar-refractivity contribution < 1.29 is 13.2 Å². The number of carbonyl (C=O) groups is 1. The fourth-order valence-electron chi connectivity index (χ4n) is 3.73. The van der Waals surface area contributed by atoms with Crippen molar-refractivity contribution in [1.82, 2.24) is 15.1 Å². The van der Waals surface area contributed by atoms with Crippen molar-refractivity contribution in [3.63, 3.8) is 0 Å². The first-order chi connectivity index (χ1) is 15.9. The van der Waals surface area contributed by atoms with Gasteiger partial charge in [-0.1, -0.05) is 36.4 Å². The average molecular weight is 485 g/mol. The number of rotatable bonds is 8. The van der Waals surface area contributed by atoms with E-state index >= 15 is 0 Å². The van der Waals surface area contributed by atoms with E-state index in [2.05, 4.69) is 39.0 Å². The number of nitrogens with one attached hydrogen (secondary N) is 2.